The molecule has 1 saturated heterocycles. The molecule has 21 heavy (non-hydrogen) atoms. The van der Waals surface area contributed by atoms with Gasteiger partial charge in [-0.1, -0.05) is 0 Å². The van der Waals surface area contributed by atoms with Crippen LogP contribution in [0.1, 0.15) is 53.9 Å². The average molecular weight is 321 g/mol. The molecule has 0 aromatic rings. The second kappa shape index (κ2) is 6.26. The third kappa shape index (κ3) is 4.06. The lowest BCUT2D eigenvalue weighted by Gasteiger charge is -2.36. The molecular formula is C14H26O6P-. The van der Waals surface area contributed by atoms with Crippen LogP contribution in [0.25, 0.3) is 0 Å². The van der Waals surface area contributed by atoms with Gasteiger partial charge in [0.15, 0.2) is 0 Å². The molecule has 0 bridgehead atoms. The van der Waals surface area contributed by atoms with Gasteiger partial charge >= 0.3 is 0 Å². The highest BCUT2D eigenvalue weighted by atomic mass is 31.2. The van der Waals surface area contributed by atoms with Crippen LogP contribution in [-0.4, -0.2) is 36.1 Å². The van der Waals surface area contributed by atoms with Crippen molar-refractivity contribution in [1.29, 1.82) is 0 Å². The molecule has 1 saturated carbocycles. The van der Waals surface area contributed by atoms with E-state index in [2.05, 4.69) is 0 Å². The molecule has 6 nitrogen and oxygen atoms in total. The molecule has 0 aromatic carbocycles. The van der Waals surface area contributed by atoms with Crippen LogP contribution in [0.3, 0.4) is 0 Å². The SMILES string of the molecule is CC(C)O[C@@H]1CCC2(OP(=O)([O-])OC(C)C)CC(C)OC12. The molecule has 2 aliphatic rings. The number of phosphoric ester groups is 1. The van der Waals surface area contributed by atoms with Crippen LogP contribution in [0.5, 0.6) is 0 Å². The predicted molar refractivity (Wildman–Crippen MR) is 75.8 cm³/mol. The van der Waals surface area contributed by atoms with Crippen molar-refractivity contribution in [1.82, 2.24) is 0 Å². The predicted octanol–water partition coefficient (Wildman–Crippen LogP) is 2.40. The maximum Gasteiger partial charge on any atom is 0.268 e. The van der Waals surface area contributed by atoms with Gasteiger partial charge in [-0.25, -0.2) is 0 Å². The number of rotatable bonds is 6. The Hall–Kier alpha value is 0.0300. The highest BCUT2D eigenvalue weighted by Gasteiger charge is 2.58. The first kappa shape index (κ1) is 17.4. The molecule has 1 aliphatic carbocycles. The molecular weight excluding hydrogens is 295 g/mol. The third-order valence-electron chi connectivity index (χ3n) is 3.80. The molecule has 2 rings (SSSR count). The number of fused-ring (bicyclic) bond motifs is 1. The smallest absolute Gasteiger partial charge is 0.268 e. The fourth-order valence-corrected chi connectivity index (χ4v) is 4.63. The summed E-state index contributed by atoms with van der Waals surface area (Å²) >= 11 is 0. The van der Waals surface area contributed by atoms with Crippen molar-refractivity contribution < 1.29 is 28.0 Å². The number of phosphoric acid groups is 1. The van der Waals surface area contributed by atoms with Gasteiger partial charge in [-0.05, 0) is 47.5 Å². The van der Waals surface area contributed by atoms with E-state index >= 15 is 0 Å². The van der Waals surface area contributed by atoms with Crippen LogP contribution in [-0.2, 0) is 23.1 Å². The van der Waals surface area contributed by atoms with Crippen molar-refractivity contribution in [2.45, 2.75) is 90.0 Å². The van der Waals surface area contributed by atoms with Crippen LogP contribution in [0.15, 0.2) is 0 Å². The Morgan fingerprint density at radius 3 is 2.52 bits per heavy atom. The van der Waals surface area contributed by atoms with Crippen molar-refractivity contribution in [3.63, 3.8) is 0 Å². The van der Waals surface area contributed by atoms with Gasteiger partial charge in [0, 0.05) is 6.42 Å². The van der Waals surface area contributed by atoms with E-state index in [1.54, 1.807) is 13.8 Å². The summed E-state index contributed by atoms with van der Waals surface area (Å²) in [6.45, 7) is 9.17. The van der Waals surface area contributed by atoms with Crippen molar-refractivity contribution >= 4 is 7.82 Å². The minimum Gasteiger partial charge on any atom is -0.756 e. The minimum atomic E-state index is -4.35. The van der Waals surface area contributed by atoms with Crippen LogP contribution in [0.4, 0.5) is 0 Å². The Labute approximate surface area is 126 Å². The van der Waals surface area contributed by atoms with Crippen molar-refractivity contribution in [3.8, 4) is 0 Å². The summed E-state index contributed by atoms with van der Waals surface area (Å²) in [5, 5.41) is 0. The highest BCUT2D eigenvalue weighted by molar-refractivity contribution is 7.45. The van der Waals surface area contributed by atoms with Crippen LogP contribution in [0.2, 0.25) is 0 Å². The Kier molecular flexibility index (Phi) is 5.19. The summed E-state index contributed by atoms with van der Waals surface area (Å²) in [5.41, 5.74) is -0.842. The summed E-state index contributed by atoms with van der Waals surface area (Å²) < 4.78 is 34.2. The first-order valence-corrected chi connectivity index (χ1v) is 9.11. The number of ether oxygens (including phenoxy) is 2. The van der Waals surface area contributed by atoms with Gasteiger partial charge < -0.3 is 23.4 Å². The quantitative estimate of drug-likeness (QED) is 0.699. The van der Waals surface area contributed by atoms with E-state index in [1.165, 1.54) is 0 Å². The van der Waals surface area contributed by atoms with Gasteiger partial charge in [-0.3, -0.25) is 4.57 Å². The zero-order valence-corrected chi connectivity index (χ0v) is 14.3. The van der Waals surface area contributed by atoms with Gasteiger partial charge in [0.25, 0.3) is 7.82 Å². The normalized spacial score (nSPS) is 39.0. The van der Waals surface area contributed by atoms with Gasteiger partial charge in [0.1, 0.15) is 11.7 Å². The molecule has 0 radical (unpaired) electrons. The Morgan fingerprint density at radius 2 is 1.95 bits per heavy atom. The monoisotopic (exact) mass is 321 g/mol. The molecule has 0 spiro atoms. The molecule has 1 heterocycles. The van der Waals surface area contributed by atoms with E-state index in [1.807, 2.05) is 20.8 Å². The zero-order valence-electron chi connectivity index (χ0n) is 13.4. The number of hydrogen-bond acceptors (Lipinski definition) is 6. The lowest BCUT2D eigenvalue weighted by Crippen LogP contribution is -2.42. The standard InChI is InChI=1S/C14H27O6P/c1-9(2)17-12-6-7-14(8-11(5)18-13(12)14)20-21(15,16)19-10(3)4/h9-13H,6-8H2,1-5H3,(H,15,16)/p-1/t11?,12-,13?,14?/m1/s1. The van der Waals surface area contributed by atoms with Gasteiger partial charge in [0.2, 0.25) is 0 Å². The second-order valence-corrected chi connectivity index (χ2v) is 7.88. The molecule has 1 aliphatic heterocycles. The van der Waals surface area contributed by atoms with Gasteiger partial charge in [-0.15, -0.1) is 0 Å². The Balaban J connectivity index is 2.13. The number of hydrogen-bond donors (Lipinski definition) is 0. The summed E-state index contributed by atoms with van der Waals surface area (Å²) in [4.78, 5) is 12.1. The fourth-order valence-electron chi connectivity index (χ4n) is 3.36. The van der Waals surface area contributed by atoms with Crippen LogP contribution < -0.4 is 4.89 Å². The van der Waals surface area contributed by atoms with Crippen LogP contribution in [0, 0.1) is 0 Å². The van der Waals surface area contributed by atoms with E-state index in [9.17, 15) is 9.46 Å². The van der Waals surface area contributed by atoms with E-state index in [4.69, 9.17) is 18.5 Å². The topological polar surface area (TPSA) is 77.1 Å². The Morgan fingerprint density at radius 1 is 1.29 bits per heavy atom. The minimum absolute atomic E-state index is 0.0485. The van der Waals surface area contributed by atoms with E-state index < -0.39 is 19.5 Å². The summed E-state index contributed by atoms with van der Waals surface area (Å²) in [5.74, 6) is 0. The van der Waals surface area contributed by atoms with E-state index in [0.717, 1.165) is 6.42 Å². The lowest BCUT2D eigenvalue weighted by molar-refractivity contribution is -0.242. The maximum atomic E-state index is 12.1. The Bertz CT molecular complexity index is 412. The fraction of sp³-hybridized carbons (Fsp3) is 1.00. The average Bonchev–Trinajstić information content (AvgIpc) is 2.71. The molecule has 0 amide bonds. The maximum absolute atomic E-state index is 12.1. The van der Waals surface area contributed by atoms with E-state index in [0.29, 0.717) is 12.8 Å². The third-order valence-corrected chi connectivity index (χ3v) is 5.07. The summed E-state index contributed by atoms with van der Waals surface area (Å²) in [7, 11) is -4.35. The molecule has 0 N–H and O–H groups in total. The van der Waals surface area contributed by atoms with Gasteiger partial charge in [-0.2, -0.15) is 0 Å². The van der Waals surface area contributed by atoms with E-state index in [-0.39, 0.29) is 24.4 Å². The van der Waals surface area contributed by atoms with Crippen molar-refractivity contribution in [3.05, 3.63) is 0 Å². The summed E-state index contributed by atoms with van der Waals surface area (Å²) in [6.07, 6.45) is 0.978. The van der Waals surface area contributed by atoms with Crippen LogP contribution >= 0.6 is 7.82 Å². The molecule has 0 aromatic heterocycles. The largest absolute Gasteiger partial charge is 0.756 e. The lowest BCUT2D eigenvalue weighted by atomic mass is 9.96. The first-order valence-electron chi connectivity index (χ1n) is 7.65. The molecule has 5 atom stereocenters. The van der Waals surface area contributed by atoms with Gasteiger partial charge in [0.05, 0.1) is 24.4 Å². The highest BCUT2D eigenvalue weighted by Crippen LogP contribution is 2.55. The molecule has 4 unspecified atom stereocenters. The summed E-state index contributed by atoms with van der Waals surface area (Å²) in [6, 6.07) is 0. The second-order valence-electron chi connectivity index (χ2n) is 6.59. The zero-order chi connectivity index (χ0) is 15.8. The molecule has 124 valence electrons. The molecule has 7 heteroatoms. The van der Waals surface area contributed by atoms with Crippen molar-refractivity contribution in [2.75, 3.05) is 0 Å². The molecule has 2 fully saturated rings. The first-order chi connectivity index (χ1) is 9.63. The van der Waals surface area contributed by atoms with Crippen molar-refractivity contribution in [2.24, 2.45) is 0 Å².